The van der Waals surface area contributed by atoms with Crippen LogP contribution in [0.15, 0.2) is 30.5 Å². The van der Waals surface area contributed by atoms with Crippen LogP contribution in [-0.4, -0.2) is 17.0 Å². The highest BCUT2D eigenvalue weighted by atomic mass is 16.5. The third-order valence-electron chi connectivity index (χ3n) is 2.45. The van der Waals surface area contributed by atoms with E-state index in [1.807, 2.05) is 42.0 Å². The first-order valence-corrected chi connectivity index (χ1v) is 5.42. The summed E-state index contributed by atoms with van der Waals surface area (Å²) in [6, 6.07) is 7.92. The summed E-state index contributed by atoms with van der Waals surface area (Å²) in [6.45, 7) is 4.66. The second-order valence-corrected chi connectivity index (χ2v) is 3.80. The number of hydrogen-bond donors (Lipinski definition) is 0. The molecule has 16 heavy (non-hydrogen) atoms. The molecule has 0 N–H and O–H groups in total. The van der Waals surface area contributed by atoms with Gasteiger partial charge in [-0.15, -0.1) is 0 Å². The Hall–Kier alpha value is -1.77. The lowest BCUT2D eigenvalue weighted by atomic mass is 10.2. The molecule has 0 amide bonds. The SMILES string of the molecule is CCOc1ccc2c(ccn2CC(C)=O)c1. The van der Waals surface area contributed by atoms with Crippen LogP contribution >= 0.6 is 0 Å². The first-order chi connectivity index (χ1) is 7.70. The number of fused-ring (bicyclic) bond motifs is 1. The fourth-order valence-corrected chi connectivity index (χ4v) is 1.81. The second-order valence-electron chi connectivity index (χ2n) is 3.80. The van der Waals surface area contributed by atoms with Gasteiger partial charge < -0.3 is 9.30 Å². The number of ether oxygens (including phenoxy) is 1. The van der Waals surface area contributed by atoms with Crippen molar-refractivity contribution in [1.82, 2.24) is 4.57 Å². The minimum atomic E-state index is 0.159. The van der Waals surface area contributed by atoms with Crippen LogP contribution in [0.4, 0.5) is 0 Å². The number of aromatic nitrogens is 1. The molecule has 0 aliphatic heterocycles. The molecule has 2 aromatic rings. The van der Waals surface area contributed by atoms with Crippen molar-refractivity contribution in [1.29, 1.82) is 0 Å². The Morgan fingerprint density at radius 3 is 2.88 bits per heavy atom. The molecule has 0 aliphatic rings. The number of hydrogen-bond acceptors (Lipinski definition) is 2. The van der Waals surface area contributed by atoms with Gasteiger partial charge in [0.05, 0.1) is 13.2 Å². The minimum Gasteiger partial charge on any atom is -0.494 e. The van der Waals surface area contributed by atoms with Crippen molar-refractivity contribution in [3.63, 3.8) is 0 Å². The van der Waals surface area contributed by atoms with Crippen molar-refractivity contribution in [3.8, 4) is 5.75 Å². The molecule has 3 nitrogen and oxygen atoms in total. The van der Waals surface area contributed by atoms with Crippen molar-refractivity contribution in [3.05, 3.63) is 30.5 Å². The van der Waals surface area contributed by atoms with Crippen LogP contribution in [0.25, 0.3) is 10.9 Å². The summed E-state index contributed by atoms with van der Waals surface area (Å²) in [5.41, 5.74) is 1.07. The van der Waals surface area contributed by atoms with E-state index in [0.717, 1.165) is 16.7 Å². The summed E-state index contributed by atoms with van der Waals surface area (Å²) in [5.74, 6) is 1.03. The molecule has 84 valence electrons. The van der Waals surface area contributed by atoms with Crippen molar-refractivity contribution >= 4 is 16.7 Å². The second kappa shape index (κ2) is 4.39. The van der Waals surface area contributed by atoms with Gasteiger partial charge in [-0.25, -0.2) is 0 Å². The number of Topliss-reactive ketones (excluding diaryl/α,β-unsaturated/α-hetero) is 1. The van der Waals surface area contributed by atoms with E-state index < -0.39 is 0 Å². The van der Waals surface area contributed by atoms with E-state index >= 15 is 0 Å². The molecule has 0 unspecified atom stereocenters. The lowest BCUT2D eigenvalue weighted by Crippen LogP contribution is -2.04. The molecule has 0 bridgehead atoms. The molecule has 0 fully saturated rings. The van der Waals surface area contributed by atoms with Gasteiger partial charge in [0, 0.05) is 17.1 Å². The number of benzene rings is 1. The zero-order valence-electron chi connectivity index (χ0n) is 9.56. The average Bonchev–Trinajstić information content (AvgIpc) is 2.61. The third-order valence-corrected chi connectivity index (χ3v) is 2.45. The van der Waals surface area contributed by atoms with Gasteiger partial charge in [-0.05, 0) is 38.1 Å². The van der Waals surface area contributed by atoms with Gasteiger partial charge in [0.15, 0.2) is 0 Å². The number of carbonyl (C=O) groups excluding carboxylic acids is 1. The largest absolute Gasteiger partial charge is 0.494 e. The molecule has 0 spiro atoms. The van der Waals surface area contributed by atoms with Gasteiger partial charge in [0.2, 0.25) is 0 Å². The predicted molar refractivity (Wildman–Crippen MR) is 63.8 cm³/mol. The topological polar surface area (TPSA) is 31.2 Å². The van der Waals surface area contributed by atoms with E-state index in [2.05, 4.69) is 0 Å². The van der Waals surface area contributed by atoms with Gasteiger partial charge in [0.25, 0.3) is 0 Å². The van der Waals surface area contributed by atoms with Crippen LogP contribution in [0.5, 0.6) is 5.75 Å². The maximum absolute atomic E-state index is 11.1. The Kier molecular flexibility index (Phi) is 2.95. The quantitative estimate of drug-likeness (QED) is 0.788. The van der Waals surface area contributed by atoms with Crippen molar-refractivity contribution in [2.75, 3.05) is 6.61 Å². The molecule has 2 rings (SSSR count). The zero-order chi connectivity index (χ0) is 11.5. The molecule has 0 aliphatic carbocycles. The van der Waals surface area contributed by atoms with Gasteiger partial charge in [-0.1, -0.05) is 0 Å². The third kappa shape index (κ3) is 2.08. The monoisotopic (exact) mass is 217 g/mol. The fourth-order valence-electron chi connectivity index (χ4n) is 1.81. The molecule has 1 heterocycles. The van der Waals surface area contributed by atoms with Gasteiger partial charge in [0.1, 0.15) is 11.5 Å². The molecule has 0 saturated carbocycles. The molecule has 0 atom stereocenters. The van der Waals surface area contributed by atoms with Crippen LogP contribution in [0, 0.1) is 0 Å². The van der Waals surface area contributed by atoms with Crippen LogP contribution < -0.4 is 4.74 Å². The molecule has 1 aromatic heterocycles. The van der Waals surface area contributed by atoms with Crippen molar-refractivity contribution < 1.29 is 9.53 Å². The number of ketones is 1. The van der Waals surface area contributed by atoms with E-state index in [4.69, 9.17) is 4.74 Å². The maximum Gasteiger partial charge on any atom is 0.149 e. The maximum atomic E-state index is 11.1. The highest BCUT2D eigenvalue weighted by molar-refractivity contribution is 5.84. The Bertz CT molecular complexity index is 514. The van der Waals surface area contributed by atoms with Gasteiger partial charge in [-0.2, -0.15) is 0 Å². The van der Waals surface area contributed by atoms with E-state index in [-0.39, 0.29) is 5.78 Å². The molecule has 1 aromatic carbocycles. The Balaban J connectivity index is 2.38. The zero-order valence-corrected chi connectivity index (χ0v) is 9.56. The van der Waals surface area contributed by atoms with Crippen LogP contribution in [0.2, 0.25) is 0 Å². The van der Waals surface area contributed by atoms with E-state index in [1.54, 1.807) is 6.92 Å². The van der Waals surface area contributed by atoms with Crippen LogP contribution in [-0.2, 0) is 11.3 Å². The van der Waals surface area contributed by atoms with Gasteiger partial charge >= 0.3 is 0 Å². The molecular formula is C13H15NO2. The van der Waals surface area contributed by atoms with Crippen molar-refractivity contribution in [2.24, 2.45) is 0 Å². The summed E-state index contributed by atoms with van der Waals surface area (Å²) in [7, 11) is 0. The minimum absolute atomic E-state index is 0.159. The lowest BCUT2D eigenvalue weighted by Gasteiger charge is -2.05. The average molecular weight is 217 g/mol. The standard InChI is InChI=1S/C13H15NO2/c1-3-16-12-4-5-13-11(8-12)6-7-14(13)9-10(2)15/h4-8H,3,9H2,1-2H3. The van der Waals surface area contributed by atoms with E-state index in [0.29, 0.717) is 13.2 Å². The molecule has 0 saturated heterocycles. The summed E-state index contributed by atoms with van der Waals surface area (Å²) in [5, 5.41) is 1.10. The van der Waals surface area contributed by atoms with E-state index in [9.17, 15) is 4.79 Å². The normalized spacial score (nSPS) is 10.6. The Morgan fingerprint density at radius 1 is 1.38 bits per heavy atom. The number of rotatable bonds is 4. The van der Waals surface area contributed by atoms with Crippen molar-refractivity contribution in [2.45, 2.75) is 20.4 Å². The summed E-state index contributed by atoms with van der Waals surface area (Å²) < 4.78 is 7.38. The Morgan fingerprint density at radius 2 is 2.19 bits per heavy atom. The highest BCUT2D eigenvalue weighted by Gasteiger charge is 2.04. The predicted octanol–water partition coefficient (Wildman–Crippen LogP) is 2.63. The molecular weight excluding hydrogens is 202 g/mol. The first kappa shape index (κ1) is 10.7. The lowest BCUT2D eigenvalue weighted by molar-refractivity contribution is -0.117. The summed E-state index contributed by atoms with van der Waals surface area (Å²) in [6.07, 6.45) is 1.93. The van der Waals surface area contributed by atoms with Crippen LogP contribution in [0.3, 0.4) is 0 Å². The Labute approximate surface area is 94.6 Å². The first-order valence-electron chi connectivity index (χ1n) is 5.42. The smallest absolute Gasteiger partial charge is 0.149 e. The van der Waals surface area contributed by atoms with Gasteiger partial charge in [-0.3, -0.25) is 4.79 Å². The molecule has 0 radical (unpaired) electrons. The number of nitrogens with zero attached hydrogens (tertiary/aromatic N) is 1. The summed E-state index contributed by atoms with van der Waals surface area (Å²) >= 11 is 0. The highest BCUT2D eigenvalue weighted by Crippen LogP contribution is 2.22. The fraction of sp³-hybridized carbons (Fsp3) is 0.308. The molecule has 3 heteroatoms. The van der Waals surface area contributed by atoms with Crippen LogP contribution in [0.1, 0.15) is 13.8 Å². The summed E-state index contributed by atoms with van der Waals surface area (Å²) in [4.78, 5) is 11.1. The van der Waals surface area contributed by atoms with E-state index in [1.165, 1.54) is 0 Å². The number of carbonyl (C=O) groups is 1.